The van der Waals surface area contributed by atoms with Gasteiger partial charge in [-0.2, -0.15) is 0 Å². The van der Waals surface area contributed by atoms with Crippen LogP contribution < -0.4 is 0 Å². The van der Waals surface area contributed by atoms with Gasteiger partial charge < -0.3 is 9.67 Å². The van der Waals surface area contributed by atoms with E-state index in [0.29, 0.717) is 6.54 Å². The normalized spacial score (nSPS) is 9.61. The summed E-state index contributed by atoms with van der Waals surface area (Å²) in [7, 11) is 5.67. The molecule has 0 aliphatic heterocycles. The molecule has 2 radical (unpaired) electrons. The molecule has 3 nitrogen and oxygen atoms in total. The molecule has 0 saturated carbocycles. The van der Waals surface area contributed by atoms with Gasteiger partial charge in [0.2, 0.25) is 0 Å². The van der Waals surface area contributed by atoms with Crippen LogP contribution >= 0.6 is 0 Å². The number of nitrogens with zero attached hydrogens (tertiary/aromatic N) is 2. The summed E-state index contributed by atoms with van der Waals surface area (Å²) in [6.07, 6.45) is 5.18. The zero-order chi connectivity index (χ0) is 16.3. The lowest BCUT2D eigenvalue weighted by Gasteiger charge is -2.07. The van der Waals surface area contributed by atoms with Crippen LogP contribution in [0.4, 0.5) is 0 Å². The average Bonchev–Trinajstić information content (AvgIpc) is 3.12. The van der Waals surface area contributed by atoms with E-state index in [1.165, 1.54) is 0 Å². The van der Waals surface area contributed by atoms with E-state index in [1.807, 2.05) is 47.2 Å². The van der Waals surface area contributed by atoms with E-state index in [9.17, 15) is 0 Å². The van der Waals surface area contributed by atoms with Crippen molar-refractivity contribution in [2.24, 2.45) is 0 Å². The first-order chi connectivity index (χ1) is 11.3. The lowest BCUT2D eigenvalue weighted by molar-refractivity contribution is 0.276. The molecule has 0 aliphatic rings. The molecule has 0 fully saturated rings. The zero-order valence-electron chi connectivity index (χ0n) is 12.9. The molecule has 0 aliphatic carbocycles. The summed E-state index contributed by atoms with van der Waals surface area (Å²) in [4.78, 5) is 3.79. The number of imidazole rings is 1. The van der Waals surface area contributed by atoms with E-state index in [0.717, 1.165) is 16.7 Å². The van der Waals surface area contributed by atoms with Gasteiger partial charge in [-0.1, -0.05) is 60.7 Å². The van der Waals surface area contributed by atoms with Gasteiger partial charge in [0.05, 0.1) is 12.9 Å². The first-order valence-electron chi connectivity index (χ1n) is 7.44. The Balaban J connectivity index is 0.000000203. The van der Waals surface area contributed by atoms with Crippen LogP contribution in [0.5, 0.6) is 0 Å². The molecule has 0 amide bonds. The first kappa shape index (κ1) is 16.8. The number of benzene rings is 2. The molecule has 23 heavy (non-hydrogen) atoms. The summed E-state index contributed by atoms with van der Waals surface area (Å²) < 4.78 is 1.82. The van der Waals surface area contributed by atoms with Gasteiger partial charge in [0, 0.05) is 18.9 Å². The summed E-state index contributed by atoms with van der Waals surface area (Å²) in [5.74, 6) is 1.66. The number of rotatable bonds is 4. The van der Waals surface area contributed by atoms with E-state index >= 15 is 0 Å². The first-order valence-corrected chi connectivity index (χ1v) is 7.44. The number of aliphatic hydroxyl groups is 1. The van der Waals surface area contributed by atoms with Crippen LogP contribution in [0.25, 0.3) is 5.57 Å². The van der Waals surface area contributed by atoms with Gasteiger partial charge in [0.15, 0.2) is 0 Å². The number of hydrogen-bond donors (Lipinski definition) is 1. The van der Waals surface area contributed by atoms with E-state index in [1.54, 1.807) is 18.5 Å². The van der Waals surface area contributed by atoms with Crippen LogP contribution in [0, 0.1) is 0 Å². The fraction of sp³-hybridized carbons (Fsp3) is 0.105. The Morgan fingerprint density at radius 1 is 1.00 bits per heavy atom. The topological polar surface area (TPSA) is 38.0 Å². The van der Waals surface area contributed by atoms with Crippen molar-refractivity contribution in [3.63, 3.8) is 0 Å². The van der Waals surface area contributed by atoms with Crippen LogP contribution in [0.2, 0.25) is 0 Å². The Labute approximate surface area is 138 Å². The molecule has 0 spiro atoms. The van der Waals surface area contributed by atoms with Crippen molar-refractivity contribution >= 4 is 13.4 Å². The monoisotopic (exact) mass is 302 g/mol. The quantitative estimate of drug-likeness (QED) is 0.752. The molecule has 3 rings (SSSR count). The fourth-order valence-electron chi connectivity index (χ4n) is 2.13. The van der Waals surface area contributed by atoms with Gasteiger partial charge in [-0.15, -0.1) is 5.98 Å². The third kappa shape index (κ3) is 5.27. The van der Waals surface area contributed by atoms with Crippen molar-refractivity contribution in [3.05, 3.63) is 96.5 Å². The van der Waals surface area contributed by atoms with Crippen LogP contribution in [0.15, 0.2) is 85.4 Å². The minimum Gasteiger partial charge on any atom is -0.395 e. The molecule has 4 heteroatoms. The molecule has 2 aromatic carbocycles. The molecule has 0 bridgehead atoms. The smallest absolute Gasteiger partial charge is 0.103 e. The van der Waals surface area contributed by atoms with Crippen molar-refractivity contribution in [2.75, 3.05) is 6.61 Å². The second-order valence-corrected chi connectivity index (χ2v) is 4.84. The maximum absolute atomic E-state index is 8.39. The molecule has 3 aromatic rings. The summed E-state index contributed by atoms with van der Waals surface area (Å²) in [6.45, 7) is 0.816. The number of hydrogen-bond acceptors (Lipinski definition) is 2. The van der Waals surface area contributed by atoms with Crippen molar-refractivity contribution in [2.45, 2.75) is 6.54 Å². The molecule has 1 heterocycles. The Hall–Kier alpha value is -2.59. The summed E-state index contributed by atoms with van der Waals surface area (Å²) >= 11 is 0. The van der Waals surface area contributed by atoms with Gasteiger partial charge in [0.1, 0.15) is 7.85 Å². The van der Waals surface area contributed by atoms with E-state index < -0.39 is 0 Å². The van der Waals surface area contributed by atoms with Crippen molar-refractivity contribution in [1.29, 1.82) is 0 Å². The largest absolute Gasteiger partial charge is 0.395 e. The van der Waals surface area contributed by atoms with Gasteiger partial charge in [-0.25, -0.2) is 4.98 Å². The van der Waals surface area contributed by atoms with Gasteiger partial charge in [-0.05, 0) is 16.7 Å². The second kappa shape index (κ2) is 9.44. The summed E-state index contributed by atoms with van der Waals surface area (Å²) in [5.41, 5.74) is 3.36. The summed E-state index contributed by atoms with van der Waals surface area (Å²) in [6, 6.07) is 20.3. The Kier molecular flexibility index (Phi) is 6.88. The molecule has 0 atom stereocenters. The molecular weight excluding hydrogens is 283 g/mol. The average molecular weight is 302 g/mol. The standard InChI is InChI=1S/C14H11B.C5H8N2O/c15-11-14(12-7-3-1-4-8-12)13-9-5-2-6-10-13;8-4-3-7-2-1-6-5-7/h1-11H;1-2,5,8H,3-4H2. The van der Waals surface area contributed by atoms with E-state index in [4.69, 9.17) is 13.0 Å². The SMILES string of the molecule is OCCn1ccnc1.[B]C=C(c1ccccc1)c1ccccc1. The number of aromatic nitrogens is 2. The second-order valence-electron chi connectivity index (χ2n) is 4.84. The minimum atomic E-state index is 0.177. The summed E-state index contributed by atoms with van der Waals surface area (Å²) in [5, 5.41) is 8.39. The molecule has 114 valence electrons. The Morgan fingerprint density at radius 2 is 1.57 bits per heavy atom. The van der Waals surface area contributed by atoms with Crippen molar-refractivity contribution in [1.82, 2.24) is 9.55 Å². The number of aliphatic hydroxyl groups excluding tert-OH is 1. The third-order valence-corrected chi connectivity index (χ3v) is 3.25. The highest BCUT2D eigenvalue weighted by atomic mass is 16.3. The maximum Gasteiger partial charge on any atom is 0.103 e. The highest BCUT2D eigenvalue weighted by molar-refractivity contribution is 6.21. The van der Waals surface area contributed by atoms with Crippen LogP contribution in [-0.2, 0) is 6.54 Å². The molecule has 1 aromatic heterocycles. The van der Waals surface area contributed by atoms with Gasteiger partial charge in [0.25, 0.3) is 0 Å². The lowest BCUT2D eigenvalue weighted by Crippen LogP contribution is -1.97. The van der Waals surface area contributed by atoms with Gasteiger partial charge >= 0.3 is 0 Å². The predicted octanol–water partition coefficient (Wildman–Crippen LogP) is 3.12. The van der Waals surface area contributed by atoms with Crippen LogP contribution in [0.3, 0.4) is 0 Å². The van der Waals surface area contributed by atoms with Crippen molar-refractivity contribution < 1.29 is 5.11 Å². The fourth-order valence-corrected chi connectivity index (χ4v) is 2.13. The van der Waals surface area contributed by atoms with Gasteiger partial charge in [-0.3, -0.25) is 0 Å². The zero-order valence-corrected chi connectivity index (χ0v) is 12.9. The maximum atomic E-state index is 8.39. The molecular formula is C19H19BN2O. The predicted molar refractivity (Wildman–Crippen MR) is 95.0 cm³/mol. The molecule has 0 saturated heterocycles. The van der Waals surface area contributed by atoms with Crippen LogP contribution in [0.1, 0.15) is 11.1 Å². The molecule has 0 unspecified atom stereocenters. The van der Waals surface area contributed by atoms with E-state index in [-0.39, 0.29) is 6.61 Å². The Bertz CT molecular complexity index is 653. The van der Waals surface area contributed by atoms with E-state index in [2.05, 4.69) is 29.2 Å². The minimum absolute atomic E-state index is 0.177. The van der Waals surface area contributed by atoms with Crippen LogP contribution in [-0.4, -0.2) is 29.1 Å². The lowest BCUT2D eigenvalue weighted by atomic mass is 9.92. The highest BCUT2D eigenvalue weighted by Crippen LogP contribution is 2.21. The Morgan fingerprint density at radius 3 is 1.96 bits per heavy atom. The molecule has 1 N–H and O–H groups in total. The van der Waals surface area contributed by atoms with Crippen molar-refractivity contribution in [3.8, 4) is 0 Å². The third-order valence-electron chi connectivity index (χ3n) is 3.25. The highest BCUT2D eigenvalue weighted by Gasteiger charge is 2.01.